The highest BCUT2D eigenvalue weighted by Crippen LogP contribution is 2.32. The van der Waals surface area contributed by atoms with Gasteiger partial charge < -0.3 is 4.74 Å². The molecule has 22 heavy (non-hydrogen) atoms. The van der Waals surface area contributed by atoms with Crippen molar-refractivity contribution in [1.82, 2.24) is 0 Å². The summed E-state index contributed by atoms with van der Waals surface area (Å²) in [6.07, 6.45) is 1.05. The minimum atomic E-state index is -3.41. The van der Waals surface area contributed by atoms with Crippen LogP contribution in [0.1, 0.15) is 5.56 Å². The first-order valence-corrected chi connectivity index (χ1v) is 7.87. The molecule has 0 radical (unpaired) electrons. The van der Waals surface area contributed by atoms with E-state index in [1.165, 1.54) is 36.4 Å². The van der Waals surface area contributed by atoms with Crippen molar-refractivity contribution >= 4 is 15.5 Å². The maximum absolute atomic E-state index is 11.5. The maximum atomic E-state index is 11.5. The molecule has 0 aliphatic rings. The van der Waals surface area contributed by atoms with E-state index in [0.717, 1.165) is 12.3 Å². The summed E-state index contributed by atoms with van der Waals surface area (Å²) in [6.45, 7) is 0. The summed E-state index contributed by atoms with van der Waals surface area (Å²) in [7, 11) is -3.41. The predicted octanol–water partition coefficient (Wildman–Crippen LogP) is 2.66. The molecule has 0 aromatic heterocycles. The van der Waals surface area contributed by atoms with Crippen molar-refractivity contribution in [1.29, 1.82) is 5.26 Å². The van der Waals surface area contributed by atoms with Gasteiger partial charge in [-0.2, -0.15) is 5.26 Å². The SMILES string of the molecule is CS(=O)(=O)c1cccc(Oc2ccc(C#N)cc2[N+](=O)[O-])c1. The fourth-order valence-corrected chi connectivity index (χ4v) is 2.37. The summed E-state index contributed by atoms with van der Waals surface area (Å²) in [6, 6.07) is 11.2. The molecule has 0 unspecified atom stereocenters. The van der Waals surface area contributed by atoms with Crippen LogP contribution in [0.3, 0.4) is 0 Å². The molecular formula is C14H10N2O5S. The minimum absolute atomic E-state index is 0.0429. The Balaban J connectivity index is 2.44. The number of rotatable bonds is 4. The summed E-state index contributed by atoms with van der Waals surface area (Å²) in [5.74, 6) is 0.0744. The van der Waals surface area contributed by atoms with Gasteiger partial charge in [-0.1, -0.05) is 6.07 Å². The molecule has 0 fully saturated rings. The number of hydrogen-bond donors (Lipinski definition) is 0. The average molecular weight is 318 g/mol. The highest BCUT2D eigenvalue weighted by Gasteiger charge is 2.17. The van der Waals surface area contributed by atoms with E-state index in [1.807, 2.05) is 0 Å². The number of ether oxygens (including phenoxy) is 1. The normalized spacial score (nSPS) is 10.7. The van der Waals surface area contributed by atoms with Gasteiger partial charge in [0, 0.05) is 12.3 Å². The minimum Gasteiger partial charge on any atom is -0.450 e. The van der Waals surface area contributed by atoms with Crippen molar-refractivity contribution in [3.63, 3.8) is 0 Å². The first-order chi connectivity index (χ1) is 10.3. The van der Waals surface area contributed by atoms with E-state index in [-0.39, 0.29) is 27.6 Å². The molecule has 0 atom stereocenters. The van der Waals surface area contributed by atoms with Crippen molar-refractivity contribution in [2.75, 3.05) is 6.26 Å². The Hall–Kier alpha value is -2.92. The van der Waals surface area contributed by atoms with Crippen LogP contribution in [0.15, 0.2) is 47.4 Å². The summed E-state index contributed by atoms with van der Waals surface area (Å²) in [5.41, 5.74) is -0.243. The van der Waals surface area contributed by atoms with Crippen LogP contribution in [-0.4, -0.2) is 19.6 Å². The zero-order chi connectivity index (χ0) is 16.3. The number of hydrogen-bond acceptors (Lipinski definition) is 6. The topological polar surface area (TPSA) is 110 Å². The number of benzene rings is 2. The molecule has 0 bridgehead atoms. The molecule has 2 aromatic rings. The highest BCUT2D eigenvalue weighted by atomic mass is 32.2. The Morgan fingerprint density at radius 3 is 2.55 bits per heavy atom. The molecule has 0 amide bonds. The summed E-state index contributed by atoms with van der Waals surface area (Å²) < 4.78 is 28.4. The molecule has 0 heterocycles. The van der Waals surface area contributed by atoms with Gasteiger partial charge in [-0.3, -0.25) is 10.1 Å². The van der Waals surface area contributed by atoms with Crippen LogP contribution in [0.4, 0.5) is 5.69 Å². The van der Waals surface area contributed by atoms with E-state index >= 15 is 0 Å². The third-order valence-corrected chi connectivity index (χ3v) is 3.86. The lowest BCUT2D eigenvalue weighted by molar-refractivity contribution is -0.385. The van der Waals surface area contributed by atoms with E-state index in [0.29, 0.717) is 0 Å². The third-order valence-electron chi connectivity index (χ3n) is 2.75. The lowest BCUT2D eigenvalue weighted by atomic mass is 10.2. The fourth-order valence-electron chi connectivity index (χ4n) is 1.71. The maximum Gasteiger partial charge on any atom is 0.312 e. The monoisotopic (exact) mass is 318 g/mol. The molecule has 112 valence electrons. The summed E-state index contributed by atoms with van der Waals surface area (Å²) >= 11 is 0. The largest absolute Gasteiger partial charge is 0.450 e. The van der Waals surface area contributed by atoms with Crippen molar-refractivity contribution in [2.45, 2.75) is 4.90 Å². The van der Waals surface area contributed by atoms with Crippen LogP contribution in [0.25, 0.3) is 0 Å². The van der Waals surface area contributed by atoms with Gasteiger partial charge in [0.1, 0.15) is 5.75 Å². The molecule has 8 heteroatoms. The molecule has 7 nitrogen and oxygen atoms in total. The zero-order valence-electron chi connectivity index (χ0n) is 11.4. The number of nitro groups is 1. The quantitative estimate of drug-likeness (QED) is 0.633. The van der Waals surface area contributed by atoms with Crippen molar-refractivity contribution in [3.05, 3.63) is 58.1 Å². The lowest BCUT2D eigenvalue weighted by Crippen LogP contribution is -1.98. The summed E-state index contributed by atoms with van der Waals surface area (Å²) in [5, 5.41) is 19.8. The molecule has 0 saturated carbocycles. The lowest BCUT2D eigenvalue weighted by Gasteiger charge is -2.07. The summed E-state index contributed by atoms with van der Waals surface area (Å²) in [4.78, 5) is 10.4. The first kappa shape index (κ1) is 15.5. The van der Waals surface area contributed by atoms with E-state index in [9.17, 15) is 18.5 Å². The average Bonchev–Trinajstić information content (AvgIpc) is 2.47. The van der Waals surface area contributed by atoms with Crippen LogP contribution in [0.5, 0.6) is 11.5 Å². The molecule has 2 aromatic carbocycles. The van der Waals surface area contributed by atoms with E-state index in [1.54, 1.807) is 6.07 Å². The van der Waals surface area contributed by atoms with Crippen LogP contribution in [-0.2, 0) is 9.84 Å². The zero-order valence-corrected chi connectivity index (χ0v) is 12.2. The van der Waals surface area contributed by atoms with Gasteiger partial charge in [0.15, 0.2) is 9.84 Å². The second kappa shape index (κ2) is 5.83. The smallest absolute Gasteiger partial charge is 0.312 e. The molecule has 0 aliphatic carbocycles. The van der Waals surface area contributed by atoms with E-state index < -0.39 is 14.8 Å². The van der Waals surface area contributed by atoms with Crippen LogP contribution >= 0.6 is 0 Å². The van der Waals surface area contributed by atoms with Gasteiger partial charge in [-0.15, -0.1) is 0 Å². The Morgan fingerprint density at radius 1 is 1.23 bits per heavy atom. The Morgan fingerprint density at radius 2 is 1.95 bits per heavy atom. The van der Waals surface area contributed by atoms with Crippen molar-refractivity contribution < 1.29 is 18.1 Å². The number of nitrogens with zero attached hydrogens (tertiary/aromatic N) is 2. The second-order valence-electron chi connectivity index (χ2n) is 4.40. The molecule has 0 spiro atoms. The fraction of sp³-hybridized carbons (Fsp3) is 0.0714. The van der Waals surface area contributed by atoms with Crippen molar-refractivity contribution in [2.24, 2.45) is 0 Å². The van der Waals surface area contributed by atoms with Gasteiger partial charge in [0.05, 0.1) is 21.5 Å². The van der Waals surface area contributed by atoms with Gasteiger partial charge >= 0.3 is 5.69 Å². The standard InChI is InChI=1S/C14H10N2O5S/c1-22(19,20)12-4-2-3-11(8-12)21-14-6-5-10(9-15)7-13(14)16(17)18/h2-8H,1H3. The van der Waals surface area contributed by atoms with E-state index in [2.05, 4.69) is 0 Å². The molecule has 0 saturated heterocycles. The van der Waals surface area contributed by atoms with Crippen LogP contribution in [0, 0.1) is 21.4 Å². The van der Waals surface area contributed by atoms with Crippen LogP contribution < -0.4 is 4.74 Å². The Bertz CT molecular complexity index is 884. The van der Waals surface area contributed by atoms with E-state index in [4.69, 9.17) is 10.00 Å². The highest BCUT2D eigenvalue weighted by molar-refractivity contribution is 7.90. The van der Waals surface area contributed by atoms with Gasteiger partial charge in [0.2, 0.25) is 5.75 Å². The van der Waals surface area contributed by atoms with Gasteiger partial charge in [0.25, 0.3) is 0 Å². The number of nitriles is 1. The number of nitro benzene ring substituents is 1. The molecule has 0 aliphatic heterocycles. The first-order valence-electron chi connectivity index (χ1n) is 5.98. The number of sulfone groups is 1. The van der Waals surface area contributed by atoms with Crippen LogP contribution in [0.2, 0.25) is 0 Å². The third kappa shape index (κ3) is 3.39. The Labute approximate surface area is 126 Å². The second-order valence-corrected chi connectivity index (χ2v) is 6.42. The Kier molecular flexibility index (Phi) is 4.10. The van der Waals surface area contributed by atoms with Crippen molar-refractivity contribution in [3.8, 4) is 17.6 Å². The molecule has 2 rings (SSSR count). The predicted molar refractivity (Wildman–Crippen MR) is 77.4 cm³/mol. The molecule has 0 N–H and O–H groups in total. The van der Waals surface area contributed by atoms with Gasteiger partial charge in [-0.25, -0.2) is 8.42 Å². The van der Waals surface area contributed by atoms with Gasteiger partial charge in [-0.05, 0) is 30.3 Å². The molecular weight excluding hydrogens is 308 g/mol.